The van der Waals surface area contributed by atoms with E-state index in [1.165, 1.54) is 22.6 Å². The minimum Gasteiger partial charge on any atom is -0.465 e. The van der Waals surface area contributed by atoms with Crippen molar-refractivity contribution in [1.82, 2.24) is 0 Å². The molecule has 1 aromatic heterocycles. The summed E-state index contributed by atoms with van der Waals surface area (Å²) in [6, 6.07) is 14.0. The largest absolute Gasteiger partial charge is 0.465 e. The zero-order valence-electron chi connectivity index (χ0n) is 12.0. The van der Waals surface area contributed by atoms with Crippen LogP contribution in [0.15, 0.2) is 59.2 Å². The first kappa shape index (κ1) is 12.9. The maximum atomic E-state index is 12.1. The Morgan fingerprint density at radius 2 is 1.91 bits per heavy atom. The molecule has 0 saturated carbocycles. The van der Waals surface area contributed by atoms with Crippen molar-refractivity contribution >= 4 is 28.4 Å². The molecule has 0 radical (unpaired) electrons. The van der Waals surface area contributed by atoms with E-state index in [1.807, 2.05) is 12.1 Å². The first-order valence-electron chi connectivity index (χ1n) is 7.37. The molecule has 1 amide bonds. The number of amides is 1. The summed E-state index contributed by atoms with van der Waals surface area (Å²) in [6.07, 6.45) is 6.91. The Morgan fingerprint density at radius 3 is 2.73 bits per heavy atom. The van der Waals surface area contributed by atoms with Crippen molar-refractivity contribution in [3.63, 3.8) is 0 Å². The van der Waals surface area contributed by atoms with Crippen molar-refractivity contribution in [1.29, 1.82) is 0 Å². The molecule has 0 fully saturated rings. The van der Waals surface area contributed by atoms with E-state index in [0.29, 0.717) is 5.76 Å². The molecule has 1 N–H and O–H groups in total. The highest BCUT2D eigenvalue weighted by molar-refractivity contribution is 6.09. The molecule has 4 rings (SSSR count). The van der Waals surface area contributed by atoms with Crippen LogP contribution in [0.1, 0.15) is 16.9 Å². The van der Waals surface area contributed by atoms with E-state index >= 15 is 0 Å². The number of carbonyl (C=O) groups excluding carboxylic acids is 1. The predicted octanol–water partition coefficient (Wildman–Crippen LogP) is 4.18. The first-order chi connectivity index (χ1) is 10.8. The molecule has 108 valence electrons. The van der Waals surface area contributed by atoms with Gasteiger partial charge in [-0.15, -0.1) is 0 Å². The third-order valence-corrected chi connectivity index (χ3v) is 4.08. The number of carbonyl (C=O) groups is 1. The summed E-state index contributed by atoms with van der Waals surface area (Å²) in [6.45, 7) is 0. The molecule has 0 unspecified atom stereocenters. The van der Waals surface area contributed by atoms with E-state index in [1.54, 1.807) is 18.4 Å². The summed E-state index contributed by atoms with van der Waals surface area (Å²) in [5.74, 6) is 0.505. The Kier molecular flexibility index (Phi) is 3.04. The van der Waals surface area contributed by atoms with Gasteiger partial charge in [0.25, 0.3) is 0 Å². The lowest BCUT2D eigenvalue weighted by atomic mass is 10.0. The molecule has 22 heavy (non-hydrogen) atoms. The lowest BCUT2D eigenvalue weighted by Crippen LogP contribution is -2.08. The Morgan fingerprint density at radius 1 is 1.05 bits per heavy atom. The molecular weight excluding hydrogens is 274 g/mol. The van der Waals surface area contributed by atoms with Crippen LogP contribution >= 0.6 is 0 Å². The zero-order chi connectivity index (χ0) is 14.9. The quantitative estimate of drug-likeness (QED) is 0.735. The van der Waals surface area contributed by atoms with Crippen molar-refractivity contribution in [3.05, 3.63) is 71.7 Å². The summed E-state index contributed by atoms with van der Waals surface area (Å²) >= 11 is 0. The second-order valence-electron chi connectivity index (χ2n) is 5.45. The SMILES string of the molecule is O=C(/C=C/c1ccco1)Nc1ccc2c3c(cccc13)CC2. The van der Waals surface area contributed by atoms with Gasteiger partial charge in [-0.1, -0.05) is 24.3 Å². The molecule has 1 aliphatic carbocycles. The smallest absolute Gasteiger partial charge is 0.248 e. The van der Waals surface area contributed by atoms with Crippen molar-refractivity contribution in [2.75, 3.05) is 5.32 Å². The third kappa shape index (κ3) is 2.21. The topological polar surface area (TPSA) is 42.2 Å². The minimum atomic E-state index is -0.157. The summed E-state index contributed by atoms with van der Waals surface area (Å²) in [4.78, 5) is 12.1. The van der Waals surface area contributed by atoms with Crippen molar-refractivity contribution in [3.8, 4) is 0 Å². The van der Waals surface area contributed by atoms with Gasteiger partial charge >= 0.3 is 0 Å². The Labute approximate surface area is 128 Å². The van der Waals surface area contributed by atoms with Crippen LogP contribution in [-0.2, 0) is 17.6 Å². The highest BCUT2D eigenvalue weighted by Crippen LogP contribution is 2.34. The standard InChI is InChI=1S/C19H15NO2/c21-18(11-9-15-4-2-12-22-15)20-17-10-8-14-7-6-13-3-1-5-16(17)19(13)14/h1-5,8-12H,6-7H2,(H,20,21)/b11-9+. The number of hydrogen-bond acceptors (Lipinski definition) is 2. The maximum absolute atomic E-state index is 12.1. The van der Waals surface area contributed by atoms with Gasteiger partial charge in [0.15, 0.2) is 0 Å². The van der Waals surface area contributed by atoms with Crippen LogP contribution < -0.4 is 5.32 Å². The van der Waals surface area contributed by atoms with Gasteiger partial charge in [-0.25, -0.2) is 0 Å². The van der Waals surface area contributed by atoms with Gasteiger partial charge in [-0.3, -0.25) is 4.79 Å². The molecule has 3 nitrogen and oxygen atoms in total. The van der Waals surface area contributed by atoms with Crippen LogP contribution in [0.5, 0.6) is 0 Å². The van der Waals surface area contributed by atoms with E-state index in [0.717, 1.165) is 23.9 Å². The van der Waals surface area contributed by atoms with Gasteiger partial charge in [0.05, 0.1) is 6.26 Å². The molecule has 0 bridgehead atoms. The molecule has 0 aliphatic heterocycles. The van der Waals surface area contributed by atoms with Gasteiger partial charge in [-0.05, 0) is 53.6 Å². The van der Waals surface area contributed by atoms with Crippen molar-refractivity contribution in [2.24, 2.45) is 0 Å². The zero-order valence-corrected chi connectivity index (χ0v) is 12.0. The number of anilines is 1. The highest BCUT2D eigenvalue weighted by Gasteiger charge is 2.16. The first-order valence-corrected chi connectivity index (χ1v) is 7.37. The summed E-state index contributed by atoms with van der Waals surface area (Å²) in [5.41, 5.74) is 3.60. The van der Waals surface area contributed by atoms with Crippen LogP contribution in [0.25, 0.3) is 16.8 Å². The fraction of sp³-hybridized carbons (Fsp3) is 0.105. The average molecular weight is 289 g/mol. The number of rotatable bonds is 3. The lowest BCUT2D eigenvalue weighted by Gasteiger charge is -2.09. The number of benzene rings is 2. The molecule has 0 spiro atoms. The fourth-order valence-electron chi connectivity index (χ4n) is 3.07. The molecular formula is C19H15NO2. The number of aryl methyl sites for hydroxylation is 2. The van der Waals surface area contributed by atoms with Gasteiger partial charge in [0.2, 0.25) is 5.91 Å². The van der Waals surface area contributed by atoms with Crippen molar-refractivity contribution < 1.29 is 9.21 Å². The molecule has 1 aliphatic rings. The summed E-state index contributed by atoms with van der Waals surface area (Å²) < 4.78 is 5.18. The Hall–Kier alpha value is -2.81. The van der Waals surface area contributed by atoms with E-state index < -0.39 is 0 Å². The van der Waals surface area contributed by atoms with Crippen LogP contribution in [0.3, 0.4) is 0 Å². The van der Waals surface area contributed by atoms with Gasteiger partial charge in [0, 0.05) is 17.1 Å². The van der Waals surface area contributed by atoms with E-state index in [-0.39, 0.29) is 5.91 Å². The average Bonchev–Trinajstić information content (AvgIpc) is 3.19. The van der Waals surface area contributed by atoms with Crippen molar-refractivity contribution in [2.45, 2.75) is 12.8 Å². The Bertz CT molecular complexity index is 866. The Balaban J connectivity index is 1.64. The molecule has 3 aromatic rings. The van der Waals surface area contributed by atoms with Gasteiger partial charge < -0.3 is 9.73 Å². The minimum absolute atomic E-state index is 0.157. The van der Waals surface area contributed by atoms with E-state index in [2.05, 4.69) is 29.6 Å². The van der Waals surface area contributed by atoms with Crippen LogP contribution in [0, 0.1) is 0 Å². The second-order valence-corrected chi connectivity index (χ2v) is 5.45. The van der Waals surface area contributed by atoms with Crippen LogP contribution in [0.4, 0.5) is 5.69 Å². The molecule has 3 heteroatoms. The maximum Gasteiger partial charge on any atom is 0.248 e. The van der Waals surface area contributed by atoms with E-state index in [4.69, 9.17) is 4.42 Å². The lowest BCUT2D eigenvalue weighted by molar-refractivity contribution is -0.111. The monoisotopic (exact) mass is 289 g/mol. The summed E-state index contributed by atoms with van der Waals surface area (Å²) in [5, 5.41) is 5.38. The van der Waals surface area contributed by atoms with Gasteiger partial charge in [-0.2, -0.15) is 0 Å². The summed E-state index contributed by atoms with van der Waals surface area (Å²) in [7, 11) is 0. The number of furan rings is 1. The molecule has 0 saturated heterocycles. The number of nitrogens with one attached hydrogen (secondary N) is 1. The van der Waals surface area contributed by atoms with E-state index in [9.17, 15) is 4.79 Å². The molecule has 0 atom stereocenters. The normalized spacial score (nSPS) is 13.1. The molecule has 1 heterocycles. The van der Waals surface area contributed by atoms with Crippen LogP contribution in [0.2, 0.25) is 0 Å². The highest BCUT2D eigenvalue weighted by atomic mass is 16.3. The predicted molar refractivity (Wildman–Crippen MR) is 87.7 cm³/mol. The number of hydrogen-bond donors (Lipinski definition) is 1. The fourth-order valence-corrected chi connectivity index (χ4v) is 3.07. The third-order valence-electron chi connectivity index (χ3n) is 4.08. The van der Waals surface area contributed by atoms with Crippen LogP contribution in [-0.4, -0.2) is 5.91 Å². The second kappa shape index (κ2) is 5.19. The molecule has 2 aromatic carbocycles. The van der Waals surface area contributed by atoms with Gasteiger partial charge in [0.1, 0.15) is 5.76 Å².